The summed E-state index contributed by atoms with van der Waals surface area (Å²) in [6.07, 6.45) is -3.81. The van der Waals surface area contributed by atoms with Crippen LogP contribution in [0.5, 0.6) is 5.75 Å². The number of carbonyl (C=O) groups excluding carboxylic acids is 1. The van der Waals surface area contributed by atoms with Crippen LogP contribution in [0.3, 0.4) is 0 Å². The minimum absolute atomic E-state index is 0.0603. The smallest absolute Gasteiger partial charge is 0.406 e. The molecule has 6 nitrogen and oxygen atoms in total. The lowest BCUT2D eigenvalue weighted by molar-refractivity contribution is -0.274. The second-order valence-corrected chi connectivity index (χ2v) is 6.41. The highest BCUT2D eigenvalue weighted by Crippen LogP contribution is 2.34. The molecule has 1 fully saturated rings. The van der Waals surface area contributed by atoms with Gasteiger partial charge in [0.05, 0.1) is 0 Å². The van der Waals surface area contributed by atoms with E-state index in [0.29, 0.717) is 30.1 Å². The molecule has 0 saturated carbocycles. The average Bonchev–Trinajstić information content (AvgIpc) is 3.16. The minimum Gasteiger partial charge on any atom is -0.406 e. The Balaban J connectivity index is 1.73. The van der Waals surface area contributed by atoms with E-state index in [1.807, 2.05) is 13.8 Å². The van der Waals surface area contributed by atoms with Crippen molar-refractivity contribution in [3.05, 3.63) is 41.5 Å². The molecule has 1 saturated heterocycles. The maximum absolute atomic E-state index is 12.2. The summed E-state index contributed by atoms with van der Waals surface area (Å²) in [6, 6.07) is 5.12. The number of halogens is 3. The molecule has 0 spiro atoms. The first kappa shape index (κ1) is 18.2. The van der Waals surface area contributed by atoms with Crippen LogP contribution in [0.2, 0.25) is 0 Å². The van der Waals surface area contributed by atoms with E-state index in [9.17, 15) is 18.0 Å². The Morgan fingerprint density at radius 3 is 2.58 bits per heavy atom. The van der Waals surface area contributed by atoms with Gasteiger partial charge in [-0.1, -0.05) is 31.1 Å². The predicted molar refractivity (Wildman–Crippen MR) is 84.0 cm³/mol. The van der Waals surface area contributed by atoms with Crippen molar-refractivity contribution in [2.24, 2.45) is 0 Å². The molecule has 26 heavy (non-hydrogen) atoms. The summed E-state index contributed by atoms with van der Waals surface area (Å²) in [5, 5.41) is 3.93. The molecule has 2 aromatic rings. The van der Waals surface area contributed by atoms with Crippen molar-refractivity contribution >= 4 is 5.91 Å². The van der Waals surface area contributed by atoms with Gasteiger partial charge in [-0.05, 0) is 24.1 Å². The standard InChI is InChI=1S/C17H18F3N3O3/c1-10(2)15-21-16(26-22-15)13-7-8-14(24)23(13)9-11-3-5-12(6-4-11)25-17(18,19)20/h3-6,10,13H,7-9H2,1-2H3. The van der Waals surface area contributed by atoms with E-state index in [0.717, 1.165) is 0 Å². The summed E-state index contributed by atoms with van der Waals surface area (Å²) in [4.78, 5) is 18.2. The number of benzene rings is 1. The molecule has 0 N–H and O–H groups in total. The SMILES string of the molecule is CC(C)c1noc(C2CCC(=O)N2Cc2ccc(OC(F)(F)F)cc2)n1. The number of hydrogen-bond acceptors (Lipinski definition) is 5. The van der Waals surface area contributed by atoms with Gasteiger partial charge in [-0.15, -0.1) is 13.2 Å². The van der Waals surface area contributed by atoms with Gasteiger partial charge in [0.2, 0.25) is 11.8 Å². The van der Waals surface area contributed by atoms with Crippen LogP contribution in [0.15, 0.2) is 28.8 Å². The van der Waals surface area contributed by atoms with E-state index in [-0.39, 0.29) is 30.2 Å². The normalized spacial score (nSPS) is 18.0. The van der Waals surface area contributed by atoms with E-state index < -0.39 is 6.36 Å². The van der Waals surface area contributed by atoms with Gasteiger partial charge in [0.1, 0.15) is 11.8 Å². The summed E-state index contributed by atoms with van der Waals surface area (Å²) in [5.74, 6) is 0.711. The molecule has 0 aliphatic carbocycles. The summed E-state index contributed by atoms with van der Waals surface area (Å²) in [5.41, 5.74) is 0.684. The first-order valence-corrected chi connectivity index (χ1v) is 8.20. The highest BCUT2D eigenvalue weighted by Gasteiger charge is 2.36. The predicted octanol–water partition coefficient (Wildman–Crippen LogP) is 3.96. The number of ether oxygens (including phenoxy) is 1. The number of likely N-dealkylation sites (tertiary alicyclic amines) is 1. The zero-order valence-electron chi connectivity index (χ0n) is 14.3. The molecular formula is C17H18F3N3O3. The Morgan fingerprint density at radius 2 is 2.00 bits per heavy atom. The van der Waals surface area contributed by atoms with Crippen molar-refractivity contribution < 1.29 is 27.2 Å². The Hall–Kier alpha value is -2.58. The first-order chi connectivity index (χ1) is 12.2. The Kier molecular flexibility index (Phi) is 4.88. The molecule has 9 heteroatoms. The molecule has 0 radical (unpaired) electrons. The maximum Gasteiger partial charge on any atom is 0.573 e. The summed E-state index contributed by atoms with van der Waals surface area (Å²) in [6.45, 7) is 4.13. The number of rotatable bonds is 5. The van der Waals surface area contributed by atoms with E-state index >= 15 is 0 Å². The van der Waals surface area contributed by atoms with Crippen molar-refractivity contribution in [2.75, 3.05) is 0 Å². The van der Waals surface area contributed by atoms with Crippen LogP contribution in [0.4, 0.5) is 13.2 Å². The third-order valence-electron chi connectivity index (χ3n) is 4.10. The van der Waals surface area contributed by atoms with Gasteiger partial charge in [0.15, 0.2) is 5.82 Å². The summed E-state index contributed by atoms with van der Waals surface area (Å²) < 4.78 is 45.8. The van der Waals surface area contributed by atoms with Gasteiger partial charge in [-0.2, -0.15) is 4.98 Å². The van der Waals surface area contributed by atoms with Gasteiger partial charge in [-0.3, -0.25) is 4.79 Å². The fraction of sp³-hybridized carbons (Fsp3) is 0.471. The monoisotopic (exact) mass is 369 g/mol. The lowest BCUT2D eigenvalue weighted by Crippen LogP contribution is -2.27. The molecule has 1 atom stereocenters. The molecule has 3 rings (SSSR count). The molecule has 1 aliphatic rings. The molecule has 1 aliphatic heterocycles. The van der Waals surface area contributed by atoms with Crippen LogP contribution < -0.4 is 4.74 Å². The summed E-state index contributed by atoms with van der Waals surface area (Å²) >= 11 is 0. The Bertz CT molecular complexity index is 772. The third-order valence-corrected chi connectivity index (χ3v) is 4.10. The molecule has 0 bridgehead atoms. The van der Waals surface area contributed by atoms with Crippen LogP contribution in [0.1, 0.15) is 55.9 Å². The van der Waals surface area contributed by atoms with Gasteiger partial charge in [-0.25, -0.2) is 0 Å². The average molecular weight is 369 g/mol. The van der Waals surface area contributed by atoms with Gasteiger partial charge >= 0.3 is 6.36 Å². The van der Waals surface area contributed by atoms with Crippen LogP contribution >= 0.6 is 0 Å². The lowest BCUT2D eigenvalue weighted by atomic mass is 10.1. The molecular weight excluding hydrogens is 351 g/mol. The van der Waals surface area contributed by atoms with Crippen molar-refractivity contribution in [1.29, 1.82) is 0 Å². The van der Waals surface area contributed by atoms with E-state index in [2.05, 4.69) is 14.9 Å². The van der Waals surface area contributed by atoms with E-state index in [1.54, 1.807) is 4.90 Å². The largest absolute Gasteiger partial charge is 0.573 e. The minimum atomic E-state index is -4.73. The number of aromatic nitrogens is 2. The molecule has 140 valence electrons. The second-order valence-electron chi connectivity index (χ2n) is 6.41. The summed E-state index contributed by atoms with van der Waals surface area (Å²) in [7, 11) is 0. The van der Waals surface area contributed by atoms with Crippen LogP contribution in [-0.4, -0.2) is 27.3 Å². The molecule has 1 amide bonds. The highest BCUT2D eigenvalue weighted by atomic mass is 19.4. The van der Waals surface area contributed by atoms with Gasteiger partial charge in [0, 0.05) is 18.9 Å². The molecule has 1 aromatic heterocycles. The van der Waals surface area contributed by atoms with Gasteiger partial charge < -0.3 is 14.2 Å². The van der Waals surface area contributed by atoms with Crippen molar-refractivity contribution in [3.8, 4) is 5.75 Å². The molecule has 1 unspecified atom stereocenters. The molecule has 2 heterocycles. The fourth-order valence-corrected chi connectivity index (χ4v) is 2.80. The number of alkyl halides is 3. The Labute approximate surface area is 147 Å². The number of carbonyl (C=O) groups is 1. The van der Waals surface area contributed by atoms with E-state index in [4.69, 9.17) is 4.52 Å². The Morgan fingerprint density at radius 1 is 1.31 bits per heavy atom. The van der Waals surface area contributed by atoms with Crippen LogP contribution in [-0.2, 0) is 11.3 Å². The van der Waals surface area contributed by atoms with Gasteiger partial charge in [0.25, 0.3) is 0 Å². The maximum atomic E-state index is 12.2. The van der Waals surface area contributed by atoms with E-state index in [1.165, 1.54) is 24.3 Å². The van der Waals surface area contributed by atoms with Crippen molar-refractivity contribution in [2.45, 2.75) is 51.6 Å². The van der Waals surface area contributed by atoms with Crippen LogP contribution in [0, 0.1) is 0 Å². The quantitative estimate of drug-likeness (QED) is 0.798. The number of amides is 1. The van der Waals surface area contributed by atoms with Crippen LogP contribution in [0.25, 0.3) is 0 Å². The zero-order valence-corrected chi connectivity index (χ0v) is 14.3. The first-order valence-electron chi connectivity index (χ1n) is 8.20. The zero-order chi connectivity index (χ0) is 18.9. The number of nitrogens with zero attached hydrogens (tertiary/aromatic N) is 3. The topological polar surface area (TPSA) is 68.5 Å². The number of hydrogen-bond donors (Lipinski definition) is 0. The fourth-order valence-electron chi connectivity index (χ4n) is 2.80. The van der Waals surface area contributed by atoms with Crippen molar-refractivity contribution in [1.82, 2.24) is 15.0 Å². The third kappa shape index (κ3) is 4.14. The van der Waals surface area contributed by atoms with Crippen molar-refractivity contribution in [3.63, 3.8) is 0 Å². The molecule has 1 aromatic carbocycles. The lowest BCUT2D eigenvalue weighted by Gasteiger charge is -2.22. The highest BCUT2D eigenvalue weighted by molar-refractivity contribution is 5.78. The second kappa shape index (κ2) is 6.97.